The van der Waals surface area contributed by atoms with Gasteiger partial charge in [-0.25, -0.2) is 4.39 Å². The van der Waals surface area contributed by atoms with Crippen LogP contribution in [0.25, 0.3) is 0 Å². The number of methoxy groups -OCH3 is 1. The van der Waals surface area contributed by atoms with Crippen LogP contribution in [0.2, 0.25) is 5.02 Å². The first-order chi connectivity index (χ1) is 10.5. The van der Waals surface area contributed by atoms with Gasteiger partial charge in [0.05, 0.1) is 17.4 Å². The Morgan fingerprint density at radius 2 is 1.95 bits per heavy atom. The maximum absolute atomic E-state index is 13.1. The summed E-state index contributed by atoms with van der Waals surface area (Å²) in [5.74, 6) is 0.0752. The smallest absolute Gasteiger partial charge is 0.237 e. The zero-order valence-corrected chi connectivity index (χ0v) is 13.7. The molecule has 1 amide bonds. The Labute approximate surface area is 137 Å². The first-order valence-corrected chi connectivity index (χ1v) is 7.82. The van der Waals surface area contributed by atoms with Gasteiger partial charge in [0, 0.05) is 10.6 Å². The summed E-state index contributed by atoms with van der Waals surface area (Å²) in [6.45, 7) is 1.80. The van der Waals surface area contributed by atoms with E-state index < -0.39 is 5.82 Å². The number of thioether (sulfide) groups is 1. The highest BCUT2D eigenvalue weighted by atomic mass is 35.5. The molecule has 2 aromatic carbocycles. The number of halogens is 2. The molecule has 0 saturated carbocycles. The molecule has 22 heavy (non-hydrogen) atoms. The number of rotatable bonds is 5. The lowest BCUT2D eigenvalue weighted by Gasteiger charge is -2.12. The third-order valence-electron chi connectivity index (χ3n) is 2.93. The van der Waals surface area contributed by atoms with E-state index in [-0.39, 0.29) is 16.2 Å². The van der Waals surface area contributed by atoms with Gasteiger partial charge in [-0.15, -0.1) is 11.8 Å². The Balaban J connectivity index is 1.97. The molecule has 0 aliphatic rings. The van der Waals surface area contributed by atoms with Crippen molar-refractivity contribution >= 4 is 35.0 Å². The minimum atomic E-state index is -0.514. The van der Waals surface area contributed by atoms with Crippen LogP contribution in [-0.2, 0) is 4.79 Å². The third kappa shape index (κ3) is 4.39. The van der Waals surface area contributed by atoms with Gasteiger partial charge in [-0.1, -0.05) is 11.6 Å². The van der Waals surface area contributed by atoms with Crippen molar-refractivity contribution in [2.24, 2.45) is 0 Å². The monoisotopic (exact) mass is 339 g/mol. The molecular weight excluding hydrogens is 325 g/mol. The molecule has 0 fully saturated rings. The molecule has 0 spiro atoms. The first-order valence-electron chi connectivity index (χ1n) is 6.56. The van der Waals surface area contributed by atoms with Crippen LogP contribution in [0, 0.1) is 5.82 Å². The molecule has 0 heterocycles. The zero-order valence-electron chi connectivity index (χ0n) is 12.1. The third-order valence-corrected chi connectivity index (χ3v) is 4.33. The Hall–Kier alpha value is -1.72. The van der Waals surface area contributed by atoms with E-state index in [0.29, 0.717) is 5.69 Å². The average molecular weight is 340 g/mol. The van der Waals surface area contributed by atoms with Crippen molar-refractivity contribution in [2.45, 2.75) is 17.1 Å². The lowest BCUT2D eigenvalue weighted by atomic mass is 10.3. The predicted octanol–water partition coefficient (Wildman–Crippen LogP) is 4.61. The van der Waals surface area contributed by atoms with Crippen molar-refractivity contribution in [1.29, 1.82) is 0 Å². The van der Waals surface area contributed by atoms with Crippen molar-refractivity contribution in [1.82, 2.24) is 0 Å². The van der Waals surface area contributed by atoms with Crippen LogP contribution in [0.3, 0.4) is 0 Å². The van der Waals surface area contributed by atoms with E-state index in [1.165, 1.54) is 30.0 Å². The zero-order chi connectivity index (χ0) is 16.1. The second kappa shape index (κ2) is 7.51. The lowest BCUT2D eigenvalue weighted by Crippen LogP contribution is -2.22. The molecule has 1 atom stereocenters. The molecule has 1 N–H and O–H groups in total. The standard InChI is InChI=1S/C16H15ClFNO2S/c1-10(22-13-6-4-12(21-2)5-7-13)16(20)19-11-3-8-15(18)14(17)9-11/h3-10H,1-2H3,(H,19,20)/t10-/m1/s1. The van der Waals surface area contributed by atoms with Gasteiger partial charge in [0.25, 0.3) is 0 Å². The van der Waals surface area contributed by atoms with Crippen molar-refractivity contribution in [2.75, 3.05) is 12.4 Å². The fraction of sp³-hybridized carbons (Fsp3) is 0.188. The van der Waals surface area contributed by atoms with Gasteiger partial charge >= 0.3 is 0 Å². The van der Waals surface area contributed by atoms with Gasteiger partial charge in [-0.3, -0.25) is 4.79 Å². The van der Waals surface area contributed by atoms with Crippen LogP contribution < -0.4 is 10.1 Å². The number of hydrogen-bond donors (Lipinski definition) is 1. The van der Waals surface area contributed by atoms with E-state index in [0.717, 1.165) is 10.6 Å². The number of nitrogens with one attached hydrogen (secondary N) is 1. The Kier molecular flexibility index (Phi) is 5.69. The molecule has 0 unspecified atom stereocenters. The van der Waals surface area contributed by atoms with Crippen LogP contribution in [0.5, 0.6) is 5.75 Å². The van der Waals surface area contributed by atoms with E-state index in [1.54, 1.807) is 14.0 Å². The number of anilines is 1. The van der Waals surface area contributed by atoms with Gasteiger partial charge in [0.2, 0.25) is 5.91 Å². The second-order valence-corrected chi connectivity index (χ2v) is 6.38. The van der Waals surface area contributed by atoms with Gasteiger partial charge < -0.3 is 10.1 Å². The second-order valence-electron chi connectivity index (χ2n) is 4.55. The number of carbonyl (C=O) groups excluding carboxylic acids is 1. The molecule has 0 saturated heterocycles. The molecule has 6 heteroatoms. The van der Waals surface area contributed by atoms with Crippen LogP contribution in [0.15, 0.2) is 47.4 Å². The molecule has 0 radical (unpaired) electrons. The van der Waals surface area contributed by atoms with Crippen molar-refractivity contribution in [3.8, 4) is 5.75 Å². The highest BCUT2D eigenvalue weighted by Crippen LogP contribution is 2.26. The van der Waals surface area contributed by atoms with Gasteiger partial charge in [-0.2, -0.15) is 0 Å². The Bertz CT molecular complexity index is 664. The fourth-order valence-corrected chi connectivity index (χ4v) is 2.78. The maximum atomic E-state index is 13.1. The average Bonchev–Trinajstić information content (AvgIpc) is 2.51. The highest BCUT2D eigenvalue weighted by molar-refractivity contribution is 8.00. The molecule has 0 aromatic heterocycles. The lowest BCUT2D eigenvalue weighted by molar-refractivity contribution is -0.115. The van der Waals surface area contributed by atoms with Crippen LogP contribution in [-0.4, -0.2) is 18.3 Å². The molecule has 116 valence electrons. The predicted molar refractivity (Wildman–Crippen MR) is 88.4 cm³/mol. The summed E-state index contributed by atoms with van der Waals surface area (Å²) in [5, 5.41) is 2.39. The van der Waals surface area contributed by atoms with Crippen LogP contribution in [0.1, 0.15) is 6.92 Å². The normalized spacial score (nSPS) is 11.8. The van der Waals surface area contributed by atoms with Gasteiger partial charge in [0.1, 0.15) is 11.6 Å². The first kappa shape index (κ1) is 16.6. The van der Waals surface area contributed by atoms with E-state index in [4.69, 9.17) is 16.3 Å². The van der Waals surface area contributed by atoms with Gasteiger partial charge in [0.15, 0.2) is 0 Å². The number of ether oxygens (including phenoxy) is 1. The summed E-state index contributed by atoms with van der Waals surface area (Å²) in [7, 11) is 1.60. The van der Waals surface area contributed by atoms with E-state index in [2.05, 4.69) is 5.32 Å². The number of carbonyl (C=O) groups is 1. The van der Waals surface area contributed by atoms with Gasteiger partial charge in [-0.05, 0) is 49.4 Å². The van der Waals surface area contributed by atoms with E-state index in [1.807, 2.05) is 24.3 Å². The summed E-state index contributed by atoms with van der Waals surface area (Å²) >= 11 is 7.11. The van der Waals surface area contributed by atoms with Crippen LogP contribution in [0.4, 0.5) is 10.1 Å². The SMILES string of the molecule is COc1ccc(S[C@H](C)C(=O)Nc2ccc(F)c(Cl)c2)cc1. The fourth-order valence-electron chi connectivity index (χ4n) is 1.73. The molecule has 0 aliphatic heterocycles. The van der Waals surface area contributed by atoms with Crippen LogP contribution >= 0.6 is 23.4 Å². The molecule has 2 aromatic rings. The summed E-state index contributed by atoms with van der Waals surface area (Å²) in [4.78, 5) is 13.1. The highest BCUT2D eigenvalue weighted by Gasteiger charge is 2.15. The number of amides is 1. The summed E-state index contributed by atoms with van der Waals surface area (Å²) in [5.41, 5.74) is 0.471. The minimum Gasteiger partial charge on any atom is -0.497 e. The van der Waals surface area contributed by atoms with Crippen molar-refractivity contribution < 1.29 is 13.9 Å². The Morgan fingerprint density at radius 3 is 2.55 bits per heavy atom. The molecule has 2 rings (SSSR count). The largest absolute Gasteiger partial charge is 0.497 e. The molecule has 0 bridgehead atoms. The molecule has 3 nitrogen and oxygen atoms in total. The minimum absolute atomic E-state index is 0.0201. The summed E-state index contributed by atoms with van der Waals surface area (Å²) < 4.78 is 18.2. The van der Waals surface area contributed by atoms with E-state index >= 15 is 0 Å². The number of hydrogen-bond acceptors (Lipinski definition) is 3. The molecule has 0 aliphatic carbocycles. The summed E-state index contributed by atoms with van der Waals surface area (Å²) in [6.07, 6.45) is 0. The van der Waals surface area contributed by atoms with Crippen molar-refractivity contribution in [3.05, 3.63) is 53.3 Å². The maximum Gasteiger partial charge on any atom is 0.237 e. The van der Waals surface area contributed by atoms with E-state index in [9.17, 15) is 9.18 Å². The quantitative estimate of drug-likeness (QED) is 0.808. The molecular formula is C16H15ClFNO2S. The van der Waals surface area contributed by atoms with Crippen molar-refractivity contribution in [3.63, 3.8) is 0 Å². The number of benzene rings is 2. The Morgan fingerprint density at radius 1 is 1.27 bits per heavy atom. The summed E-state index contributed by atoms with van der Waals surface area (Å²) in [6, 6.07) is 11.5. The topological polar surface area (TPSA) is 38.3 Å².